The van der Waals surface area contributed by atoms with Crippen LogP contribution in [0.2, 0.25) is 0 Å². The van der Waals surface area contributed by atoms with Gasteiger partial charge in [0.2, 0.25) is 5.88 Å². The van der Waals surface area contributed by atoms with Crippen LogP contribution in [0.5, 0.6) is 11.6 Å². The third-order valence-corrected chi connectivity index (χ3v) is 4.73. The normalized spacial score (nSPS) is 10.6. The Bertz CT molecular complexity index is 1060. The van der Waals surface area contributed by atoms with Crippen LogP contribution in [0.25, 0.3) is 11.3 Å². The van der Waals surface area contributed by atoms with Gasteiger partial charge in [0, 0.05) is 11.6 Å². The summed E-state index contributed by atoms with van der Waals surface area (Å²) in [5.41, 5.74) is 3.29. The highest BCUT2D eigenvalue weighted by atomic mass is 16.5. The first kappa shape index (κ1) is 19.3. The van der Waals surface area contributed by atoms with Gasteiger partial charge in [0.15, 0.2) is 0 Å². The summed E-state index contributed by atoms with van der Waals surface area (Å²) in [6.45, 7) is 0. The minimum atomic E-state index is -0.546. The van der Waals surface area contributed by atoms with Gasteiger partial charge in [-0.05, 0) is 41.5 Å². The highest BCUT2D eigenvalue weighted by molar-refractivity contribution is 5.83. The Hall–Kier alpha value is -3.99. The lowest BCUT2D eigenvalue weighted by Gasteiger charge is -2.16. The van der Waals surface area contributed by atoms with E-state index < -0.39 is 11.9 Å². The second-order valence-electron chi connectivity index (χ2n) is 6.66. The predicted molar refractivity (Wildman–Crippen MR) is 114 cm³/mol. The van der Waals surface area contributed by atoms with E-state index in [1.165, 1.54) is 0 Å². The second kappa shape index (κ2) is 9.01. The summed E-state index contributed by atoms with van der Waals surface area (Å²) < 4.78 is 10.7. The molecule has 5 heteroatoms. The first-order chi connectivity index (χ1) is 14.7. The Morgan fingerprint density at radius 1 is 0.733 bits per heavy atom. The van der Waals surface area contributed by atoms with E-state index in [1.54, 1.807) is 19.2 Å². The lowest BCUT2D eigenvalue weighted by Crippen LogP contribution is -2.20. The summed E-state index contributed by atoms with van der Waals surface area (Å²) in [4.78, 5) is 13.0. The fourth-order valence-electron chi connectivity index (χ4n) is 3.21. The molecule has 0 spiro atoms. The van der Waals surface area contributed by atoms with E-state index in [0.717, 1.165) is 22.4 Å². The average molecular weight is 396 g/mol. The number of methoxy groups -OCH3 is 1. The number of benzene rings is 3. The third kappa shape index (κ3) is 4.36. The lowest BCUT2D eigenvalue weighted by molar-refractivity contribution is -0.135. The number of hydrogen-bond acceptors (Lipinski definition) is 5. The molecular formula is C25H20N2O3. The summed E-state index contributed by atoms with van der Waals surface area (Å²) in [6.07, 6.45) is 0. The monoisotopic (exact) mass is 396 g/mol. The van der Waals surface area contributed by atoms with Gasteiger partial charge in [-0.1, -0.05) is 60.7 Å². The van der Waals surface area contributed by atoms with Gasteiger partial charge in [-0.3, -0.25) is 4.79 Å². The number of carbonyl (C=O) groups is 1. The third-order valence-electron chi connectivity index (χ3n) is 4.73. The Labute approximate surface area is 174 Å². The molecule has 0 aliphatic heterocycles. The highest BCUT2D eigenvalue weighted by Crippen LogP contribution is 2.27. The number of esters is 1. The molecule has 0 amide bonds. The molecule has 0 aliphatic rings. The highest BCUT2D eigenvalue weighted by Gasteiger charge is 2.25. The molecule has 0 saturated heterocycles. The summed E-state index contributed by atoms with van der Waals surface area (Å²) in [5.74, 6) is -0.0198. The van der Waals surface area contributed by atoms with Crippen LogP contribution in [0.3, 0.4) is 0 Å². The SMILES string of the molecule is COc1ccc(-c2ccc(OC(=O)C(c3ccccc3)c3ccccc3)nn2)cc1. The topological polar surface area (TPSA) is 61.3 Å². The molecule has 1 aromatic heterocycles. The van der Waals surface area contributed by atoms with Crippen molar-refractivity contribution in [1.82, 2.24) is 10.2 Å². The van der Waals surface area contributed by atoms with Crippen molar-refractivity contribution < 1.29 is 14.3 Å². The van der Waals surface area contributed by atoms with Gasteiger partial charge in [0.1, 0.15) is 11.7 Å². The number of hydrogen-bond donors (Lipinski definition) is 0. The van der Waals surface area contributed by atoms with E-state index in [0.29, 0.717) is 5.69 Å². The molecule has 0 fully saturated rings. The molecule has 0 aliphatic carbocycles. The van der Waals surface area contributed by atoms with Crippen molar-refractivity contribution in [3.8, 4) is 22.9 Å². The summed E-state index contributed by atoms with van der Waals surface area (Å²) in [5, 5.41) is 8.28. The first-order valence-electron chi connectivity index (χ1n) is 9.54. The van der Waals surface area contributed by atoms with Crippen LogP contribution in [0, 0.1) is 0 Å². The number of carbonyl (C=O) groups excluding carboxylic acids is 1. The summed E-state index contributed by atoms with van der Waals surface area (Å²) in [7, 11) is 1.62. The Kier molecular flexibility index (Phi) is 5.80. The fourth-order valence-corrected chi connectivity index (χ4v) is 3.21. The van der Waals surface area contributed by atoms with E-state index in [-0.39, 0.29) is 5.88 Å². The van der Waals surface area contributed by atoms with Gasteiger partial charge in [0.05, 0.1) is 12.8 Å². The average Bonchev–Trinajstić information content (AvgIpc) is 2.81. The van der Waals surface area contributed by atoms with Crippen LogP contribution in [0.1, 0.15) is 17.0 Å². The molecule has 4 rings (SSSR count). The van der Waals surface area contributed by atoms with Crippen molar-refractivity contribution in [3.05, 3.63) is 108 Å². The van der Waals surface area contributed by atoms with Crippen LogP contribution >= 0.6 is 0 Å². The van der Waals surface area contributed by atoms with Gasteiger partial charge in [-0.2, -0.15) is 0 Å². The van der Waals surface area contributed by atoms with Crippen molar-refractivity contribution in [2.24, 2.45) is 0 Å². The molecule has 0 saturated carbocycles. The minimum Gasteiger partial charge on any atom is -0.497 e. The van der Waals surface area contributed by atoms with Gasteiger partial charge >= 0.3 is 5.97 Å². The molecule has 0 unspecified atom stereocenters. The zero-order valence-electron chi connectivity index (χ0n) is 16.4. The van der Waals surface area contributed by atoms with E-state index in [4.69, 9.17) is 9.47 Å². The Morgan fingerprint density at radius 2 is 1.33 bits per heavy atom. The van der Waals surface area contributed by atoms with Gasteiger partial charge in [-0.25, -0.2) is 0 Å². The van der Waals surface area contributed by atoms with Crippen molar-refractivity contribution in [2.45, 2.75) is 5.92 Å². The maximum atomic E-state index is 13.0. The molecular weight excluding hydrogens is 376 g/mol. The fraction of sp³-hybridized carbons (Fsp3) is 0.0800. The number of nitrogens with zero attached hydrogens (tertiary/aromatic N) is 2. The van der Waals surface area contributed by atoms with Gasteiger partial charge < -0.3 is 9.47 Å². The molecule has 0 atom stereocenters. The van der Waals surface area contributed by atoms with E-state index in [1.807, 2.05) is 84.9 Å². The van der Waals surface area contributed by atoms with Crippen LogP contribution in [0.4, 0.5) is 0 Å². The quantitative estimate of drug-likeness (QED) is 0.434. The molecule has 5 nitrogen and oxygen atoms in total. The van der Waals surface area contributed by atoms with E-state index in [9.17, 15) is 4.79 Å². The number of aromatic nitrogens is 2. The van der Waals surface area contributed by atoms with Crippen molar-refractivity contribution in [2.75, 3.05) is 7.11 Å². The largest absolute Gasteiger partial charge is 0.497 e. The van der Waals surface area contributed by atoms with Crippen LogP contribution in [-0.4, -0.2) is 23.3 Å². The molecule has 1 heterocycles. The second-order valence-corrected chi connectivity index (χ2v) is 6.66. The van der Waals surface area contributed by atoms with E-state index in [2.05, 4.69) is 10.2 Å². The molecule has 3 aromatic carbocycles. The van der Waals surface area contributed by atoms with Crippen molar-refractivity contribution in [3.63, 3.8) is 0 Å². The Morgan fingerprint density at radius 3 is 1.83 bits per heavy atom. The molecule has 0 bridgehead atoms. The van der Waals surface area contributed by atoms with Crippen LogP contribution in [-0.2, 0) is 4.79 Å². The van der Waals surface area contributed by atoms with Crippen LogP contribution < -0.4 is 9.47 Å². The zero-order chi connectivity index (χ0) is 20.8. The molecule has 4 aromatic rings. The van der Waals surface area contributed by atoms with Crippen molar-refractivity contribution >= 4 is 5.97 Å². The first-order valence-corrected chi connectivity index (χ1v) is 9.54. The zero-order valence-corrected chi connectivity index (χ0v) is 16.4. The molecule has 148 valence electrons. The van der Waals surface area contributed by atoms with Crippen molar-refractivity contribution in [1.29, 1.82) is 0 Å². The summed E-state index contributed by atoms with van der Waals surface area (Å²) in [6, 6.07) is 30.0. The number of ether oxygens (including phenoxy) is 2. The van der Waals surface area contributed by atoms with Gasteiger partial charge in [-0.15, -0.1) is 10.2 Å². The number of rotatable bonds is 6. The lowest BCUT2D eigenvalue weighted by atomic mass is 9.91. The molecule has 30 heavy (non-hydrogen) atoms. The molecule has 0 radical (unpaired) electrons. The molecule has 0 N–H and O–H groups in total. The van der Waals surface area contributed by atoms with Gasteiger partial charge in [0.25, 0.3) is 0 Å². The minimum absolute atomic E-state index is 0.161. The standard InChI is InChI=1S/C25H20N2O3/c1-29-21-14-12-18(13-15-21)22-16-17-23(27-26-22)30-25(28)24(19-8-4-2-5-9-19)20-10-6-3-7-11-20/h2-17,24H,1H3. The van der Waals surface area contributed by atoms with Crippen LogP contribution in [0.15, 0.2) is 97.1 Å². The summed E-state index contributed by atoms with van der Waals surface area (Å²) >= 11 is 0. The smallest absolute Gasteiger partial charge is 0.324 e. The maximum Gasteiger partial charge on any atom is 0.324 e. The predicted octanol–water partition coefficient (Wildman–Crippen LogP) is 4.89. The van der Waals surface area contributed by atoms with E-state index >= 15 is 0 Å². The Balaban J connectivity index is 1.55. The maximum absolute atomic E-state index is 13.0.